The lowest BCUT2D eigenvalue weighted by Gasteiger charge is -2.34. The topological polar surface area (TPSA) is 68.5 Å². The monoisotopic (exact) mass is 295 g/mol. The van der Waals surface area contributed by atoms with Crippen molar-refractivity contribution in [2.24, 2.45) is 0 Å². The number of hydrogen-bond donors (Lipinski definition) is 0. The molecule has 1 aromatic rings. The van der Waals surface area contributed by atoms with Gasteiger partial charge in [-0.2, -0.15) is 0 Å². The molecule has 6 nitrogen and oxygen atoms in total. The van der Waals surface area contributed by atoms with Gasteiger partial charge in [-0.15, -0.1) is 10.2 Å². The fraction of sp³-hybridized carbons (Fsp3) is 0.800. The van der Waals surface area contributed by atoms with Crippen LogP contribution < -0.4 is 0 Å². The van der Waals surface area contributed by atoms with Gasteiger partial charge in [-0.3, -0.25) is 0 Å². The van der Waals surface area contributed by atoms with E-state index in [1.54, 1.807) is 11.8 Å². The van der Waals surface area contributed by atoms with E-state index in [9.17, 15) is 4.79 Å². The average molecular weight is 295 g/mol. The normalized spacial score (nSPS) is 22.9. The number of nitrogens with zero attached hydrogens (tertiary/aromatic N) is 3. The fourth-order valence-corrected chi connectivity index (χ4v) is 2.67. The van der Waals surface area contributed by atoms with Gasteiger partial charge in [0.25, 0.3) is 0 Å². The molecule has 1 fully saturated rings. The van der Waals surface area contributed by atoms with E-state index in [1.165, 1.54) is 0 Å². The Bertz CT molecular complexity index is 485. The minimum absolute atomic E-state index is 0.222. The first kappa shape index (κ1) is 15.8. The summed E-state index contributed by atoms with van der Waals surface area (Å²) in [7, 11) is 1.82. The number of carbonyl (C=O) groups is 1. The molecular weight excluding hydrogens is 270 g/mol. The lowest BCUT2D eigenvalue weighted by Crippen LogP contribution is -2.42. The van der Waals surface area contributed by atoms with Crippen LogP contribution in [0.2, 0.25) is 0 Å². The average Bonchev–Trinajstić information content (AvgIpc) is 2.83. The molecule has 0 N–H and O–H groups in total. The molecule has 2 rings (SSSR count). The molecule has 0 aliphatic heterocycles. The SMILES string of the molecule is Cc1nnc(C2CCC(N(C)C(=O)OC(C)(C)C)CC2)o1. The van der Waals surface area contributed by atoms with Crippen molar-refractivity contribution in [1.82, 2.24) is 15.1 Å². The quantitative estimate of drug-likeness (QED) is 0.837. The van der Waals surface area contributed by atoms with Crippen molar-refractivity contribution in [3.8, 4) is 0 Å². The zero-order chi connectivity index (χ0) is 15.6. The number of carbonyl (C=O) groups excluding carboxylic acids is 1. The van der Waals surface area contributed by atoms with Crippen LogP contribution in [0.15, 0.2) is 4.42 Å². The summed E-state index contributed by atoms with van der Waals surface area (Å²) in [5, 5.41) is 7.98. The van der Waals surface area contributed by atoms with Crippen molar-refractivity contribution in [3.05, 3.63) is 11.8 Å². The van der Waals surface area contributed by atoms with Crippen LogP contribution in [0, 0.1) is 6.92 Å². The Morgan fingerprint density at radius 1 is 1.24 bits per heavy atom. The van der Waals surface area contributed by atoms with Crippen LogP contribution in [0.1, 0.15) is 64.2 Å². The van der Waals surface area contributed by atoms with Crippen LogP contribution in [0.5, 0.6) is 0 Å². The summed E-state index contributed by atoms with van der Waals surface area (Å²) >= 11 is 0. The summed E-state index contributed by atoms with van der Waals surface area (Å²) in [6, 6.07) is 0.222. The Hall–Kier alpha value is -1.59. The van der Waals surface area contributed by atoms with Crippen molar-refractivity contribution in [1.29, 1.82) is 0 Å². The molecule has 0 radical (unpaired) electrons. The van der Waals surface area contributed by atoms with Crippen molar-refractivity contribution in [2.75, 3.05) is 7.05 Å². The molecule has 0 unspecified atom stereocenters. The molecule has 1 aromatic heterocycles. The van der Waals surface area contributed by atoms with Crippen molar-refractivity contribution in [2.45, 2.75) is 70.9 Å². The van der Waals surface area contributed by atoms with E-state index in [1.807, 2.05) is 27.8 Å². The summed E-state index contributed by atoms with van der Waals surface area (Å²) in [5.74, 6) is 1.65. The van der Waals surface area contributed by atoms with E-state index in [4.69, 9.17) is 9.15 Å². The zero-order valence-corrected chi connectivity index (χ0v) is 13.5. The van der Waals surface area contributed by atoms with Gasteiger partial charge in [0.1, 0.15) is 5.60 Å². The Labute approximate surface area is 125 Å². The van der Waals surface area contributed by atoms with Gasteiger partial charge in [-0.05, 0) is 46.5 Å². The maximum atomic E-state index is 12.1. The highest BCUT2D eigenvalue weighted by atomic mass is 16.6. The number of rotatable bonds is 2. The first-order valence-electron chi connectivity index (χ1n) is 7.52. The minimum Gasteiger partial charge on any atom is -0.444 e. The highest BCUT2D eigenvalue weighted by molar-refractivity contribution is 5.68. The van der Waals surface area contributed by atoms with E-state index in [2.05, 4.69) is 10.2 Å². The molecule has 0 aromatic carbocycles. The molecule has 0 atom stereocenters. The number of hydrogen-bond acceptors (Lipinski definition) is 5. The molecule has 6 heteroatoms. The molecule has 0 saturated heterocycles. The van der Waals surface area contributed by atoms with Crippen LogP contribution in [-0.2, 0) is 4.74 Å². The van der Waals surface area contributed by atoms with Crippen molar-refractivity contribution in [3.63, 3.8) is 0 Å². The predicted octanol–water partition coefficient (Wildman–Crippen LogP) is 3.27. The van der Waals surface area contributed by atoms with Gasteiger partial charge < -0.3 is 14.1 Å². The van der Waals surface area contributed by atoms with Gasteiger partial charge in [0, 0.05) is 25.9 Å². The summed E-state index contributed by atoms with van der Waals surface area (Å²) in [6.45, 7) is 7.45. The van der Waals surface area contributed by atoms with Gasteiger partial charge in [0.05, 0.1) is 0 Å². The highest BCUT2D eigenvalue weighted by Gasteiger charge is 2.31. The molecule has 1 heterocycles. The predicted molar refractivity (Wildman–Crippen MR) is 78.0 cm³/mol. The first-order valence-corrected chi connectivity index (χ1v) is 7.52. The molecule has 1 amide bonds. The van der Waals surface area contributed by atoms with E-state index >= 15 is 0 Å². The standard InChI is InChI=1S/C15H25N3O3/c1-10-16-17-13(20-10)11-6-8-12(9-7-11)18(5)14(19)21-15(2,3)4/h11-12H,6-9H2,1-5H3. The molecule has 118 valence electrons. The number of amides is 1. The van der Waals surface area contributed by atoms with Gasteiger partial charge >= 0.3 is 6.09 Å². The number of ether oxygens (including phenoxy) is 1. The van der Waals surface area contributed by atoms with Crippen LogP contribution in [-0.4, -0.2) is 39.9 Å². The second-order valence-corrected chi connectivity index (χ2v) is 6.76. The second-order valence-electron chi connectivity index (χ2n) is 6.76. The fourth-order valence-electron chi connectivity index (χ4n) is 2.67. The Morgan fingerprint density at radius 2 is 1.86 bits per heavy atom. The van der Waals surface area contributed by atoms with Crippen LogP contribution in [0.4, 0.5) is 4.79 Å². The Kier molecular flexibility index (Phi) is 4.54. The first-order chi connectivity index (χ1) is 9.76. The molecule has 0 bridgehead atoms. The largest absolute Gasteiger partial charge is 0.444 e. The van der Waals surface area contributed by atoms with Crippen LogP contribution in [0.3, 0.4) is 0 Å². The van der Waals surface area contributed by atoms with Crippen LogP contribution in [0.25, 0.3) is 0 Å². The van der Waals surface area contributed by atoms with Crippen LogP contribution >= 0.6 is 0 Å². The van der Waals surface area contributed by atoms with Gasteiger partial charge in [0.15, 0.2) is 0 Å². The zero-order valence-electron chi connectivity index (χ0n) is 13.5. The Morgan fingerprint density at radius 3 is 2.33 bits per heavy atom. The molecular formula is C15H25N3O3. The summed E-state index contributed by atoms with van der Waals surface area (Å²) < 4.78 is 10.9. The smallest absolute Gasteiger partial charge is 0.410 e. The molecule has 1 saturated carbocycles. The third kappa shape index (κ3) is 4.19. The summed E-state index contributed by atoms with van der Waals surface area (Å²) in [5.41, 5.74) is -0.455. The summed E-state index contributed by atoms with van der Waals surface area (Å²) in [4.78, 5) is 13.8. The van der Waals surface area contributed by atoms with Gasteiger partial charge in [0.2, 0.25) is 11.8 Å². The lowest BCUT2D eigenvalue weighted by molar-refractivity contribution is 0.0180. The minimum atomic E-state index is -0.455. The number of aryl methyl sites for hydroxylation is 1. The second kappa shape index (κ2) is 6.03. The van der Waals surface area contributed by atoms with Gasteiger partial charge in [-0.25, -0.2) is 4.79 Å². The lowest BCUT2D eigenvalue weighted by atomic mass is 9.85. The van der Waals surface area contributed by atoms with E-state index in [0.717, 1.165) is 31.6 Å². The summed E-state index contributed by atoms with van der Waals surface area (Å²) in [6.07, 6.45) is 3.53. The third-order valence-electron chi connectivity index (χ3n) is 3.82. The maximum Gasteiger partial charge on any atom is 0.410 e. The van der Waals surface area contributed by atoms with Gasteiger partial charge in [-0.1, -0.05) is 0 Å². The van der Waals surface area contributed by atoms with Crippen molar-refractivity contribution < 1.29 is 13.9 Å². The van der Waals surface area contributed by atoms with E-state index in [0.29, 0.717) is 11.8 Å². The van der Waals surface area contributed by atoms with Crippen molar-refractivity contribution >= 4 is 6.09 Å². The molecule has 1 aliphatic rings. The third-order valence-corrected chi connectivity index (χ3v) is 3.82. The molecule has 1 aliphatic carbocycles. The number of aromatic nitrogens is 2. The van der Waals surface area contributed by atoms with E-state index < -0.39 is 5.60 Å². The van der Waals surface area contributed by atoms with E-state index in [-0.39, 0.29) is 12.1 Å². The maximum absolute atomic E-state index is 12.1. The molecule has 21 heavy (non-hydrogen) atoms. The highest BCUT2D eigenvalue weighted by Crippen LogP contribution is 2.34. The molecule has 0 spiro atoms. The Balaban J connectivity index is 1.87.